The van der Waals surface area contributed by atoms with Crippen LogP contribution in [-0.4, -0.2) is 83.4 Å². The predicted molar refractivity (Wildman–Crippen MR) is 85.0 cm³/mol. The van der Waals surface area contributed by atoms with Crippen molar-refractivity contribution in [3.8, 4) is 0 Å². The molecule has 2 amide bonds. The van der Waals surface area contributed by atoms with Gasteiger partial charge in [-0.05, 0) is 20.8 Å². The van der Waals surface area contributed by atoms with Gasteiger partial charge in [-0.1, -0.05) is 0 Å². The van der Waals surface area contributed by atoms with Gasteiger partial charge >= 0.3 is 6.03 Å². The van der Waals surface area contributed by atoms with E-state index >= 15 is 0 Å². The maximum absolute atomic E-state index is 11.9. The second kappa shape index (κ2) is 16.5. The molecule has 0 aromatic heterocycles. The number of nitrogens with one attached hydrogen (secondary N) is 1. The molecule has 0 bridgehead atoms. The summed E-state index contributed by atoms with van der Waals surface area (Å²) in [4.78, 5) is 13.5. The number of nitrogens with zero attached hydrogens (tertiary/aromatic N) is 1. The molecule has 0 aliphatic heterocycles. The highest BCUT2D eigenvalue weighted by Crippen LogP contribution is 1.90. The summed E-state index contributed by atoms with van der Waals surface area (Å²) in [7, 11) is 0. The molecule has 0 aliphatic rings. The molecule has 0 saturated carbocycles. The van der Waals surface area contributed by atoms with Crippen LogP contribution in [0.4, 0.5) is 4.79 Å². The third-order valence-corrected chi connectivity index (χ3v) is 2.74. The fourth-order valence-corrected chi connectivity index (χ4v) is 1.56. The highest BCUT2D eigenvalue weighted by atomic mass is 16.5. The first-order valence-electron chi connectivity index (χ1n) is 7.89. The minimum atomic E-state index is -0.156. The first-order valence-corrected chi connectivity index (χ1v) is 7.89. The lowest BCUT2D eigenvalue weighted by atomic mass is 10.5. The van der Waals surface area contributed by atoms with E-state index in [9.17, 15) is 4.79 Å². The fraction of sp³-hybridized carbons (Fsp3) is 0.867. The topological polar surface area (TPSA) is 69.3 Å². The molecule has 0 heterocycles. The minimum Gasteiger partial charge on any atom is -0.379 e. The molecule has 7 heteroatoms. The molecule has 0 saturated heterocycles. The molecule has 0 aliphatic carbocycles. The van der Waals surface area contributed by atoms with Gasteiger partial charge in [-0.2, -0.15) is 0 Å². The first-order chi connectivity index (χ1) is 10.8. The number of hydrogen-bond donors (Lipinski definition) is 1. The number of ether oxygens (including phenoxy) is 4. The van der Waals surface area contributed by atoms with E-state index in [0.29, 0.717) is 72.5 Å². The van der Waals surface area contributed by atoms with E-state index in [1.54, 1.807) is 4.90 Å². The monoisotopic (exact) mass is 319 g/mol. The van der Waals surface area contributed by atoms with Gasteiger partial charge in [0.1, 0.15) is 0 Å². The largest absolute Gasteiger partial charge is 0.379 e. The van der Waals surface area contributed by atoms with Crippen LogP contribution in [0.2, 0.25) is 0 Å². The molecular weight excluding hydrogens is 288 g/mol. The van der Waals surface area contributed by atoms with E-state index in [0.717, 1.165) is 0 Å². The summed E-state index contributed by atoms with van der Waals surface area (Å²) in [6.07, 6.45) is 0. The van der Waals surface area contributed by atoms with E-state index in [-0.39, 0.29) is 6.03 Å². The zero-order chi connectivity index (χ0) is 16.5. The van der Waals surface area contributed by atoms with Gasteiger partial charge in [0, 0.05) is 32.8 Å². The van der Waals surface area contributed by atoms with Crippen LogP contribution in [0, 0.1) is 6.92 Å². The number of amides is 2. The van der Waals surface area contributed by atoms with Gasteiger partial charge in [-0.15, -0.1) is 0 Å². The average molecular weight is 319 g/mol. The fourth-order valence-electron chi connectivity index (χ4n) is 1.56. The summed E-state index contributed by atoms with van der Waals surface area (Å²) in [6, 6.07) is -0.156. The Morgan fingerprint density at radius 2 is 1.45 bits per heavy atom. The lowest BCUT2D eigenvalue weighted by molar-refractivity contribution is 0.0459. The summed E-state index contributed by atoms with van der Waals surface area (Å²) in [6.45, 7) is 13.5. The van der Waals surface area contributed by atoms with Crippen molar-refractivity contribution in [3.05, 3.63) is 6.92 Å². The van der Waals surface area contributed by atoms with Gasteiger partial charge in [0.2, 0.25) is 0 Å². The van der Waals surface area contributed by atoms with Crippen molar-refractivity contribution in [1.82, 2.24) is 10.2 Å². The van der Waals surface area contributed by atoms with Crippen LogP contribution >= 0.6 is 0 Å². The highest BCUT2D eigenvalue weighted by Gasteiger charge is 2.10. The molecule has 0 rings (SSSR count). The van der Waals surface area contributed by atoms with Crippen molar-refractivity contribution in [3.63, 3.8) is 0 Å². The molecule has 0 unspecified atom stereocenters. The molecule has 0 spiro atoms. The van der Waals surface area contributed by atoms with Crippen LogP contribution in [0.1, 0.15) is 13.8 Å². The summed E-state index contributed by atoms with van der Waals surface area (Å²) in [5.41, 5.74) is 0. The summed E-state index contributed by atoms with van der Waals surface area (Å²) < 4.78 is 21.0. The summed E-state index contributed by atoms with van der Waals surface area (Å²) >= 11 is 0. The maximum atomic E-state index is 11.9. The Morgan fingerprint density at radius 1 is 0.909 bits per heavy atom. The normalized spacial score (nSPS) is 10.7. The molecule has 1 N–H and O–H groups in total. The van der Waals surface area contributed by atoms with Crippen molar-refractivity contribution in [2.45, 2.75) is 13.8 Å². The SMILES string of the molecule is [CH2]CN(CCOCCOCC)C(=O)NCCOCCOCC. The van der Waals surface area contributed by atoms with E-state index in [1.807, 2.05) is 13.8 Å². The van der Waals surface area contributed by atoms with Crippen molar-refractivity contribution in [1.29, 1.82) is 0 Å². The van der Waals surface area contributed by atoms with Crippen molar-refractivity contribution in [2.24, 2.45) is 0 Å². The lowest BCUT2D eigenvalue weighted by Crippen LogP contribution is -2.42. The minimum absolute atomic E-state index is 0.156. The summed E-state index contributed by atoms with van der Waals surface area (Å²) in [5, 5.41) is 2.79. The van der Waals surface area contributed by atoms with Gasteiger partial charge in [-0.3, -0.25) is 0 Å². The zero-order valence-electron chi connectivity index (χ0n) is 14.0. The van der Waals surface area contributed by atoms with Crippen LogP contribution in [0.5, 0.6) is 0 Å². The Balaban J connectivity index is 3.55. The van der Waals surface area contributed by atoms with Crippen molar-refractivity contribution >= 4 is 6.03 Å². The van der Waals surface area contributed by atoms with Crippen LogP contribution < -0.4 is 5.32 Å². The number of hydrogen-bond acceptors (Lipinski definition) is 5. The lowest BCUT2D eigenvalue weighted by Gasteiger charge is -2.21. The zero-order valence-corrected chi connectivity index (χ0v) is 14.0. The van der Waals surface area contributed by atoms with Crippen molar-refractivity contribution < 1.29 is 23.7 Å². The van der Waals surface area contributed by atoms with Crippen LogP contribution in [-0.2, 0) is 18.9 Å². The Kier molecular flexibility index (Phi) is 15.8. The Hall–Kier alpha value is -0.890. The number of carbonyl (C=O) groups excluding carboxylic acids is 1. The molecule has 0 aromatic carbocycles. The molecule has 1 radical (unpaired) electrons. The Labute approximate surface area is 134 Å². The molecular formula is C15H31N2O5. The van der Waals surface area contributed by atoms with Crippen molar-refractivity contribution in [2.75, 3.05) is 72.5 Å². The second-order valence-electron chi connectivity index (χ2n) is 4.34. The van der Waals surface area contributed by atoms with E-state index in [1.165, 1.54) is 0 Å². The molecule has 0 aromatic rings. The number of rotatable bonds is 15. The van der Waals surface area contributed by atoms with Gasteiger partial charge in [0.15, 0.2) is 0 Å². The number of urea groups is 1. The third-order valence-electron chi connectivity index (χ3n) is 2.74. The van der Waals surface area contributed by atoms with Gasteiger partial charge < -0.3 is 29.2 Å². The molecule has 22 heavy (non-hydrogen) atoms. The third kappa shape index (κ3) is 12.8. The van der Waals surface area contributed by atoms with Crippen LogP contribution in [0.15, 0.2) is 0 Å². The first kappa shape index (κ1) is 21.1. The van der Waals surface area contributed by atoms with Crippen LogP contribution in [0.25, 0.3) is 0 Å². The quantitative estimate of drug-likeness (QED) is 0.455. The molecule has 0 atom stereocenters. The Morgan fingerprint density at radius 3 is 2.00 bits per heavy atom. The predicted octanol–water partition coefficient (Wildman–Crippen LogP) is 0.938. The summed E-state index contributed by atoms with van der Waals surface area (Å²) in [5.74, 6) is 0. The van der Waals surface area contributed by atoms with E-state index in [4.69, 9.17) is 18.9 Å². The van der Waals surface area contributed by atoms with Gasteiger partial charge in [0.05, 0.1) is 39.6 Å². The molecule has 7 nitrogen and oxygen atoms in total. The standard InChI is InChI=1S/C15H31N2O5/c1-4-17(8-10-22-14-12-20-6-3)15(18)16-7-9-21-13-11-19-5-2/h1,4-14H2,2-3H3,(H,16,18). The maximum Gasteiger partial charge on any atom is 0.317 e. The van der Waals surface area contributed by atoms with Gasteiger partial charge in [0.25, 0.3) is 0 Å². The molecule has 0 fully saturated rings. The number of carbonyl (C=O) groups is 1. The van der Waals surface area contributed by atoms with Crippen LogP contribution in [0.3, 0.4) is 0 Å². The van der Waals surface area contributed by atoms with E-state index in [2.05, 4.69) is 12.2 Å². The average Bonchev–Trinajstić information content (AvgIpc) is 2.53. The smallest absolute Gasteiger partial charge is 0.317 e. The highest BCUT2D eigenvalue weighted by molar-refractivity contribution is 5.74. The Bertz CT molecular complexity index is 254. The van der Waals surface area contributed by atoms with E-state index < -0.39 is 0 Å². The van der Waals surface area contributed by atoms with Gasteiger partial charge in [-0.25, -0.2) is 4.79 Å². The second-order valence-corrected chi connectivity index (χ2v) is 4.34. The molecule has 131 valence electrons.